The standard InChI is InChI=1S/C31H39ClN2O4/c1-22-19-31(37,29(35)36)24-10-13-28-27(18-24)34(16-7-5-3-4-6-15-33(22)2)20-30(21-38-28)14-8-9-23-17-25(32)11-12-26(23)30/h10-13,17-18,37H,1,3-9,14-16,19-21H2,2H3,(H,35,36)/t30-,31-/m0/s1. The van der Waals surface area contributed by atoms with Gasteiger partial charge in [-0.3, -0.25) is 0 Å². The number of halogens is 1. The second-order valence-corrected chi connectivity index (χ2v) is 11.9. The summed E-state index contributed by atoms with van der Waals surface area (Å²) in [4.78, 5) is 16.8. The van der Waals surface area contributed by atoms with Gasteiger partial charge < -0.3 is 24.7 Å². The first-order valence-corrected chi connectivity index (χ1v) is 14.3. The van der Waals surface area contributed by atoms with E-state index in [2.05, 4.69) is 23.6 Å². The molecule has 0 fully saturated rings. The van der Waals surface area contributed by atoms with Crippen molar-refractivity contribution in [3.05, 3.63) is 70.4 Å². The monoisotopic (exact) mass is 538 g/mol. The Hall–Kier alpha value is -2.70. The highest BCUT2D eigenvalue weighted by Crippen LogP contribution is 2.45. The lowest BCUT2D eigenvalue weighted by atomic mass is 9.70. The Balaban J connectivity index is 1.57. The lowest BCUT2D eigenvalue weighted by Crippen LogP contribution is -2.46. The molecule has 0 saturated heterocycles. The number of ether oxygens (including phenoxy) is 1. The number of benzene rings is 2. The van der Waals surface area contributed by atoms with Gasteiger partial charge >= 0.3 is 5.97 Å². The van der Waals surface area contributed by atoms with Crippen LogP contribution in [0.5, 0.6) is 5.75 Å². The van der Waals surface area contributed by atoms with Crippen molar-refractivity contribution < 1.29 is 19.7 Å². The first kappa shape index (κ1) is 26.9. The average Bonchev–Trinajstić information content (AvgIpc) is 3.04. The van der Waals surface area contributed by atoms with Crippen LogP contribution in [0.25, 0.3) is 0 Å². The van der Waals surface area contributed by atoms with Gasteiger partial charge in [0.2, 0.25) is 0 Å². The molecule has 0 unspecified atom stereocenters. The van der Waals surface area contributed by atoms with Gasteiger partial charge in [-0.2, -0.15) is 0 Å². The summed E-state index contributed by atoms with van der Waals surface area (Å²) in [6, 6.07) is 11.6. The molecule has 2 bridgehead atoms. The van der Waals surface area contributed by atoms with Gasteiger partial charge in [-0.05, 0) is 73.1 Å². The Bertz CT molecular complexity index is 1220. The van der Waals surface area contributed by atoms with Crippen LogP contribution in [0.2, 0.25) is 5.02 Å². The van der Waals surface area contributed by atoms with Crippen molar-refractivity contribution in [3.63, 3.8) is 0 Å². The second kappa shape index (κ2) is 10.8. The van der Waals surface area contributed by atoms with Gasteiger partial charge in [0.05, 0.1) is 12.3 Å². The molecule has 2 N–H and O–H groups in total. The molecule has 204 valence electrons. The molecule has 3 aliphatic rings. The number of carboxylic acid groups (broad SMARTS) is 1. The summed E-state index contributed by atoms with van der Waals surface area (Å²) in [5, 5.41) is 22.5. The Kier molecular flexibility index (Phi) is 7.65. The molecule has 6 nitrogen and oxygen atoms in total. The fraction of sp³-hybridized carbons (Fsp3) is 0.516. The number of aliphatic carboxylic acids is 1. The second-order valence-electron chi connectivity index (χ2n) is 11.4. The third-order valence-electron chi connectivity index (χ3n) is 8.79. The van der Waals surface area contributed by atoms with E-state index in [1.807, 2.05) is 30.1 Å². The summed E-state index contributed by atoms with van der Waals surface area (Å²) in [5.74, 6) is -0.535. The average molecular weight is 539 g/mol. The third-order valence-corrected chi connectivity index (χ3v) is 9.02. The molecule has 0 saturated carbocycles. The predicted molar refractivity (Wildman–Crippen MR) is 151 cm³/mol. The highest BCUT2D eigenvalue weighted by molar-refractivity contribution is 6.30. The summed E-state index contributed by atoms with van der Waals surface area (Å²) in [6.45, 7) is 7.09. The van der Waals surface area contributed by atoms with Crippen LogP contribution < -0.4 is 9.64 Å². The summed E-state index contributed by atoms with van der Waals surface area (Å²) in [5.41, 5.74) is 2.16. The van der Waals surface area contributed by atoms with Gasteiger partial charge in [0, 0.05) is 49.2 Å². The predicted octanol–water partition coefficient (Wildman–Crippen LogP) is 5.89. The van der Waals surface area contributed by atoms with Crippen LogP contribution in [0.4, 0.5) is 5.69 Å². The van der Waals surface area contributed by atoms with Crippen LogP contribution in [-0.2, 0) is 22.2 Å². The number of aryl methyl sites for hydroxylation is 1. The largest absolute Gasteiger partial charge is 0.490 e. The molecule has 0 amide bonds. The number of hydrogen-bond donors (Lipinski definition) is 2. The minimum absolute atomic E-state index is 0.0729. The number of aliphatic hydroxyl groups is 1. The minimum Gasteiger partial charge on any atom is -0.490 e. The third kappa shape index (κ3) is 5.13. The number of fused-ring (bicyclic) bond motifs is 3. The number of carbonyl (C=O) groups is 1. The zero-order chi connectivity index (χ0) is 26.9. The Morgan fingerprint density at radius 3 is 2.61 bits per heavy atom. The number of rotatable bonds is 1. The molecule has 5 rings (SSSR count). The molecule has 2 heterocycles. The molecule has 0 radical (unpaired) electrons. The van der Waals surface area contributed by atoms with Crippen LogP contribution in [-0.4, -0.2) is 54.4 Å². The highest BCUT2D eigenvalue weighted by atomic mass is 35.5. The highest BCUT2D eigenvalue weighted by Gasteiger charge is 2.43. The Labute approximate surface area is 230 Å². The summed E-state index contributed by atoms with van der Waals surface area (Å²) in [7, 11) is 1.92. The molecule has 2 aromatic rings. The van der Waals surface area contributed by atoms with Crippen molar-refractivity contribution in [2.75, 3.05) is 38.2 Å². The normalized spacial score (nSPS) is 26.6. The molecule has 0 aromatic heterocycles. The van der Waals surface area contributed by atoms with Crippen molar-refractivity contribution in [3.8, 4) is 5.75 Å². The smallest absolute Gasteiger partial charge is 0.340 e. The van der Waals surface area contributed by atoms with E-state index < -0.39 is 11.6 Å². The van der Waals surface area contributed by atoms with E-state index in [1.54, 1.807) is 6.07 Å². The van der Waals surface area contributed by atoms with E-state index in [0.29, 0.717) is 17.9 Å². The molecule has 2 atom stereocenters. The van der Waals surface area contributed by atoms with E-state index in [0.717, 1.165) is 87.5 Å². The van der Waals surface area contributed by atoms with Crippen LogP contribution in [0.15, 0.2) is 48.7 Å². The van der Waals surface area contributed by atoms with Gasteiger partial charge in [-0.1, -0.05) is 49.6 Å². The number of nitrogens with zero attached hydrogens (tertiary/aromatic N) is 2. The fourth-order valence-electron chi connectivity index (χ4n) is 6.48. The Morgan fingerprint density at radius 2 is 1.82 bits per heavy atom. The molecule has 2 aliphatic heterocycles. The lowest BCUT2D eigenvalue weighted by molar-refractivity contribution is -0.160. The van der Waals surface area contributed by atoms with Crippen LogP contribution in [0.1, 0.15) is 68.1 Å². The summed E-state index contributed by atoms with van der Waals surface area (Å²) in [6.07, 6.45) is 8.48. The van der Waals surface area contributed by atoms with E-state index in [-0.39, 0.29) is 11.8 Å². The first-order chi connectivity index (χ1) is 18.2. The zero-order valence-electron chi connectivity index (χ0n) is 22.3. The van der Waals surface area contributed by atoms with Crippen LogP contribution in [0, 0.1) is 0 Å². The first-order valence-electron chi connectivity index (χ1n) is 13.9. The van der Waals surface area contributed by atoms with Gasteiger partial charge in [0.1, 0.15) is 5.75 Å². The van der Waals surface area contributed by atoms with Gasteiger partial charge in [0.25, 0.3) is 0 Å². The molecule has 2 aromatic carbocycles. The van der Waals surface area contributed by atoms with Crippen molar-refractivity contribution in [2.24, 2.45) is 0 Å². The van der Waals surface area contributed by atoms with Gasteiger partial charge in [0.15, 0.2) is 5.60 Å². The molecule has 38 heavy (non-hydrogen) atoms. The minimum atomic E-state index is -2.08. The molecule has 1 spiro atoms. The SMILES string of the molecule is C=C1C[C@@](O)(C(=O)O)c2ccc3c(c2)N(CCCCCCCN1C)C[C@@]1(CCCc2cc(Cl)ccc21)CO3. The quantitative estimate of drug-likeness (QED) is 0.472. The van der Waals surface area contributed by atoms with Crippen LogP contribution >= 0.6 is 11.6 Å². The summed E-state index contributed by atoms with van der Waals surface area (Å²) >= 11 is 6.36. The van der Waals surface area contributed by atoms with E-state index in [1.165, 1.54) is 11.1 Å². The number of hydrogen-bond acceptors (Lipinski definition) is 5. The van der Waals surface area contributed by atoms with Gasteiger partial charge in [-0.15, -0.1) is 0 Å². The van der Waals surface area contributed by atoms with Gasteiger partial charge in [-0.25, -0.2) is 4.79 Å². The van der Waals surface area contributed by atoms with Crippen molar-refractivity contribution in [1.29, 1.82) is 0 Å². The molecule has 1 aliphatic carbocycles. The van der Waals surface area contributed by atoms with Crippen molar-refractivity contribution >= 4 is 23.3 Å². The number of anilines is 1. The summed E-state index contributed by atoms with van der Waals surface area (Å²) < 4.78 is 6.51. The van der Waals surface area contributed by atoms with Crippen molar-refractivity contribution in [1.82, 2.24) is 4.90 Å². The lowest BCUT2D eigenvalue weighted by Gasteiger charge is -2.41. The topological polar surface area (TPSA) is 73.2 Å². The molecular weight excluding hydrogens is 500 g/mol. The van der Waals surface area contributed by atoms with Crippen LogP contribution in [0.3, 0.4) is 0 Å². The molecular formula is C31H39ClN2O4. The van der Waals surface area contributed by atoms with E-state index >= 15 is 0 Å². The van der Waals surface area contributed by atoms with E-state index in [9.17, 15) is 15.0 Å². The molecule has 7 heteroatoms. The maximum Gasteiger partial charge on any atom is 0.340 e. The maximum atomic E-state index is 12.5. The maximum absolute atomic E-state index is 12.5. The van der Waals surface area contributed by atoms with E-state index in [4.69, 9.17) is 16.3 Å². The number of carboxylic acids is 1. The fourth-order valence-corrected chi connectivity index (χ4v) is 6.67. The Morgan fingerprint density at radius 1 is 1.05 bits per heavy atom. The van der Waals surface area contributed by atoms with Crippen molar-refractivity contribution in [2.45, 2.75) is 68.8 Å². The zero-order valence-corrected chi connectivity index (χ0v) is 23.1.